The second-order valence-corrected chi connectivity index (χ2v) is 5.59. The molecule has 0 spiro atoms. The van der Waals surface area contributed by atoms with Crippen LogP contribution in [0.5, 0.6) is 0 Å². The van der Waals surface area contributed by atoms with Gasteiger partial charge in [0.1, 0.15) is 6.61 Å². The molecule has 0 fully saturated rings. The minimum atomic E-state index is -0.716. The highest BCUT2D eigenvalue weighted by atomic mass is 16.6. The summed E-state index contributed by atoms with van der Waals surface area (Å²) in [7, 11) is 1.44. The number of carbonyl (C=O) groups is 1. The van der Waals surface area contributed by atoms with E-state index in [1.54, 1.807) is 12.1 Å². The van der Waals surface area contributed by atoms with E-state index >= 15 is 0 Å². The molecule has 0 heterocycles. The van der Waals surface area contributed by atoms with Crippen LogP contribution in [0.1, 0.15) is 42.9 Å². The van der Waals surface area contributed by atoms with Gasteiger partial charge in [0.05, 0.1) is 12.2 Å². The Balaban J connectivity index is 2.44. The summed E-state index contributed by atoms with van der Waals surface area (Å²) in [6, 6.07) is 7.29. The molecule has 4 heteroatoms. The summed E-state index contributed by atoms with van der Waals surface area (Å²) in [6.45, 7) is -0.301. The van der Waals surface area contributed by atoms with Crippen molar-refractivity contribution >= 4 is 5.97 Å². The summed E-state index contributed by atoms with van der Waals surface area (Å²) in [5.41, 5.74) is 2.00. The number of benzene rings is 1. The van der Waals surface area contributed by atoms with Gasteiger partial charge in [0.25, 0.3) is 0 Å². The van der Waals surface area contributed by atoms with Crippen LogP contribution in [0, 0.1) is 23.7 Å². The fourth-order valence-corrected chi connectivity index (χ4v) is 2.48. The number of hydrogen-bond donors (Lipinski definition) is 1. The highest BCUT2D eigenvalue weighted by Crippen LogP contribution is 2.29. The Kier molecular flexibility index (Phi) is 7.79. The van der Waals surface area contributed by atoms with Gasteiger partial charge in [-0.2, -0.15) is 0 Å². The first-order valence-electron chi connectivity index (χ1n) is 8.30. The van der Waals surface area contributed by atoms with Gasteiger partial charge in [-0.25, -0.2) is 4.79 Å². The summed E-state index contributed by atoms with van der Waals surface area (Å²) >= 11 is 0. The van der Waals surface area contributed by atoms with Crippen molar-refractivity contribution in [2.24, 2.45) is 0 Å². The van der Waals surface area contributed by atoms with E-state index in [2.05, 4.69) is 23.7 Å². The van der Waals surface area contributed by atoms with Crippen molar-refractivity contribution in [1.29, 1.82) is 0 Å². The maximum absolute atomic E-state index is 12.0. The summed E-state index contributed by atoms with van der Waals surface area (Å²) in [6.07, 6.45) is 4.62. The summed E-state index contributed by atoms with van der Waals surface area (Å²) < 4.78 is 10.5. The number of esters is 1. The van der Waals surface area contributed by atoms with E-state index in [4.69, 9.17) is 9.47 Å². The minimum Gasteiger partial charge on any atom is -0.450 e. The fraction of sp³-hybridized carbons (Fsp3) is 0.381. The number of allylic oxidation sites excluding steroid dienone is 1. The Morgan fingerprint density at radius 2 is 2.00 bits per heavy atom. The van der Waals surface area contributed by atoms with Crippen molar-refractivity contribution in [3.8, 4) is 23.7 Å². The number of rotatable bonds is 6. The molecule has 1 aromatic carbocycles. The summed E-state index contributed by atoms with van der Waals surface area (Å²) in [4.78, 5) is 12.0. The average Bonchev–Trinajstić information content (AvgIpc) is 2.64. The lowest BCUT2D eigenvalue weighted by Crippen LogP contribution is -2.18. The lowest BCUT2D eigenvalue weighted by atomic mass is 9.96. The predicted molar refractivity (Wildman–Crippen MR) is 95.2 cm³/mol. The van der Waals surface area contributed by atoms with Crippen LogP contribution >= 0.6 is 0 Å². The van der Waals surface area contributed by atoms with Crippen LogP contribution < -0.4 is 0 Å². The van der Waals surface area contributed by atoms with E-state index in [9.17, 15) is 9.90 Å². The second kappa shape index (κ2) is 10.4. The first kappa shape index (κ1) is 18.8. The third kappa shape index (κ3) is 5.80. The van der Waals surface area contributed by atoms with E-state index in [1.165, 1.54) is 7.11 Å². The fourth-order valence-electron chi connectivity index (χ4n) is 2.48. The summed E-state index contributed by atoms with van der Waals surface area (Å²) in [5.74, 6) is 11.8. The van der Waals surface area contributed by atoms with E-state index < -0.39 is 12.1 Å². The van der Waals surface area contributed by atoms with Gasteiger partial charge in [0.15, 0.2) is 6.10 Å². The molecule has 25 heavy (non-hydrogen) atoms. The normalized spacial score (nSPS) is 14.9. The Hall–Kier alpha value is -2.53. The van der Waals surface area contributed by atoms with Crippen LogP contribution in [0.3, 0.4) is 0 Å². The third-order valence-corrected chi connectivity index (χ3v) is 3.72. The number of hydrogen-bond acceptors (Lipinski definition) is 4. The first-order valence-corrected chi connectivity index (χ1v) is 8.30. The molecule has 1 N–H and O–H groups in total. The molecule has 1 aliphatic carbocycles. The monoisotopic (exact) mass is 338 g/mol. The number of methoxy groups -OCH3 is 1. The van der Waals surface area contributed by atoms with Gasteiger partial charge in [-0.15, -0.1) is 0 Å². The lowest BCUT2D eigenvalue weighted by molar-refractivity contribution is -0.151. The maximum Gasteiger partial charge on any atom is 0.333 e. The van der Waals surface area contributed by atoms with Crippen molar-refractivity contribution in [2.75, 3.05) is 13.7 Å². The van der Waals surface area contributed by atoms with Gasteiger partial charge < -0.3 is 14.6 Å². The van der Waals surface area contributed by atoms with Gasteiger partial charge in [-0.3, -0.25) is 0 Å². The SMILES string of the molecule is COCC(=O)OC(C1=CC#CCCCCC#C1)c1ccccc1CO. The molecule has 1 aromatic rings. The largest absolute Gasteiger partial charge is 0.450 e. The molecule has 4 nitrogen and oxygen atoms in total. The number of aliphatic hydroxyl groups excluding tert-OH is 1. The Morgan fingerprint density at radius 3 is 2.76 bits per heavy atom. The van der Waals surface area contributed by atoms with E-state index in [1.807, 2.05) is 18.2 Å². The molecule has 0 saturated carbocycles. The average molecular weight is 338 g/mol. The van der Waals surface area contributed by atoms with Gasteiger partial charge in [-0.05, 0) is 18.4 Å². The Morgan fingerprint density at radius 1 is 1.24 bits per heavy atom. The molecule has 0 aliphatic heterocycles. The highest BCUT2D eigenvalue weighted by Gasteiger charge is 2.23. The van der Waals surface area contributed by atoms with E-state index in [0.29, 0.717) is 16.7 Å². The van der Waals surface area contributed by atoms with Gasteiger partial charge in [0.2, 0.25) is 0 Å². The van der Waals surface area contributed by atoms with Crippen LogP contribution in [0.15, 0.2) is 35.9 Å². The molecule has 0 aromatic heterocycles. The smallest absolute Gasteiger partial charge is 0.333 e. The molecule has 1 atom stereocenters. The van der Waals surface area contributed by atoms with Gasteiger partial charge in [-0.1, -0.05) is 47.9 Å². The third-order valence-electron chi connectivity index (χ3n) is 3.72. The van der Waals surface area contributed by atoms with Crippen molar-refractivity contribution in [3.63, 3.8) is 0 Å². The van der Waals surface area contributed by atoms with Crippen molar-refractivity contribution in [3.05, 3.63) is 47.0 Å². The molecular formula is C21H22O4. The minimum absolute atomic E-state index is 0.149. The zero-order chi connectivity index (χ0) is 17.9. The standard InChI is InChI=1S/C21H22O4/c1-24-16-20(23)25-21(19-14-10-9-13-18(19)15-22)17-11-7-5-3-2-4-6-8-12-17/h9-10,12-14,21-22H,2-5,15-16H2,1H3. The Bertz CT molecular complexity index is 740. The molecule has 1 unspecified atom stereocenters. The van der Waals surface area contributed by atoms with Gasteiger partial charge in [0, 0.05) is 31.6 Å². The zero-order valence-electron chi connectivity index (χ0n) is 14.4. The van der Waals surface area contributed by atoms with Crippen molar-refractivity contribution in [2.45, 2.75) is 38.4 Å². The number of aliphatic hydroxyl groups is 1. The molecule has 0 saturated heterocycles. The van der Waals surface area contributed by atoms with Crippen LogP contribution in [-0.4, -0.2) is 24.8 Å². The van der Waals surface area contributed by atoms with E-state index in [-0.39, 0.29) is 13.2 Å². The van der Waals surface area contributed by atoms with E-state index in [0.717, 1.165) is 25.7 Å². The topological polar surface area (TPSA) is 55.8 Å². The molecular weight excluding hydrogens is 316 g/mol. The van der Waals surface area contributed by atoms with Crippen molar-refractivity contribution < 1.29 is 19.4 Å². The molecule has 2 rings (SSSR count). The van der Waals surface area contributed by atoms with Gasteiger partial charge >= 0.3 is 5.97 Å². The van der Waals surface area contributed by atoms with Crippen LogP contribution in [0.2, 0.25) is 0 Å². The molecule has 0 radical (unpaired) electrons. The molecule has 0 bridgehead atoms. The quantitative estimate of drug-likeness (QED) is 0.640. The summed E-state index contributed by atoms with van der Waals surface area (Å²) in [5, 5.41) is 9.64. The zero-order valence-corrected chi connectivity index (χ0v) is 14.4. The molecule has 0 amide bonds. The van der Waals surface area contributed by atoms with Crippen LogP contribution in [0.4, 0.5) is 0 Å². The maximum atomic E-state index is 12.0. The first-order chi connectivity index (χ1) is 12.3. The molecule has 130 valence electrons. The van der Waals surface area contributed by atoms with Crippen LogP contribution in [-0.2, 0) is 20.9 Å². The number of carbonyl (C=O) groups excluding carboxylic acids is 1. The predicted octanol–water partition coefficient (Wildman–Crippen LogP) is 2.92. The van der Waals surface area contributed by atoms with Crippen molar-refractivity contribution in [1.82, 2.24) is 0 Å². The highest BCUT2D eigenvalue weighted by molar-refractivity contribution is 5.71. The van der Waals surface area contributed by atoms with Crippen LogP contribution in [0.25, 0.3) is 0 Å². The molecule has 1 aliphatic rings. The number of ether oxygens (including phenoxy) is 2. The second-order valence-electron chi connectivity index (χ2n) is 5.59. The Labute approximate surface area is 148 Å². The lowest BCUT2D eigenvalue weighted by Gasteiger charge is -2.20.